The van der Waals surface area contributed by atoms with Gasteiger partial charge in [0.05, 0.1) is 6.10 Å². The van der Waals surface area contributed by atoms with Gasteiger partial charge < -0.3 is 10.1 Å². The van der Waals surface area contributed by atoms with Crippen molar-refractivity contribution in [1.29, 1.82) is 0 Å². The summed E-state index contributed by atoms with van der Waals surface area (Å²) in [4.78, 5) is 5.03. The summed E-state index contributed by atoms with van der Waals surface area (Å²) in [6.45, 7) is 6.73. The quantitative estimate of drug-likeness (QED) is 0.732. The highest BCUT2D eigenvalue weighted by Gasteiger charge is 2.26. The number of likely N-dealkylation sites (N-methyl/N-ethyl adjacent to an activating group) is 2. The van der Waals surface area contributed by atoms with E-state index >= 15 is 0 Å². The first-order valence-electron chi connectivity index (χ1n) is 6.48. The van der Waals surface area contributed by atoms with Gasteiger partial charge in [-0.1, -0.05) is 0 Å². The molecule has 4 heteroatoms. The minimum atomic E-state index is 0.499. The highest BCUT2D eigenvalue weighted by molar-refractivity contribution is 4.83. The van der Waals surface area contributed by atoms with Crippen molar-refractivity contribution in [2.24, 2.45) is 0 Å². The van der Waals surface area contributed by atoms with Crippen LogP contribution in [0.3, 0.4) is 0 Å². The molecule has 2 heterocycles. The number of hydrogen-bond acceptors (Lipinski definition) is 4. The van der Waals surface area contributed by atoms with E-state index in [1.165, 1.54) is 32.5 Å². The third-order valence-corrected chi connectivity index (χ3v) is 3.79. The summed E-state index contributed by atoms with van der Waals surface area (Å²) < 4.78 is 5.71. The number of hydrogen-bond donors (Lipinski definition) is 1. The lowest BCUT2D eigenvalue weighted by molar-refractivity contribution is 0.0363. The predicted octanol–water partition coefficient (Wildman–Crippen LogP) is 0.000800. The largest absolute Gasteiger partial charge is 0.377 e. The van der Waals surface area contributed by atoms with Crippen LogP contribution in [0.4, 0.5) is 0 Å². The second-order valence-corrected chi connectivity index (χ2v) is 5.09. The molecule has 4 nitrogen and oxygen atoms in total. The second kappa shape index (κ2) is 5.96. The fraction of sp³-hybridized carbons (Fsp3) is 1.00. The van der Waals surface area contributed by atoms with Gasteiger partial charge in [-0.2, -0.15) is 0 Å². The Labute approximate surface area is 98.9 Å². The first-order chi connectivity index (χ1) is 7.79. The van der Waals surface area contributed by atoms with Gasteiger partial charge >= 0.3 is 0 Å². The van der Waals surface area contributed by atoms with E-state index in [-0.39, 0.29) is 0 Å². The molecule has 16 heavy (non-hydrogen) atoms. The Morgan fingerprint density at radius 1 is 1.38 bits per heavy atom. The van der Waals surface area contributed by atoms with Crippen LogP contribution in [0.15, 0.2) is 0 Å². The Morgan fingerprint density at radius 3 is 2.94 bits per heavy atom. The molecule has 0 aliphatic carbocycles. The van der Waals surface area contributed by atoms with Crippen molar-refractivity contribution in [2.75, 3.05) is 53.4 Å². The number of nitrogens with zero attached hydrogens (tertiary/aromatic N) is 2. The lowest BCUT2D eigenvalue weighted by atomic mass is 10.1. The third kappa shape index (κ3) is 3.17. The van der Waals surface area contributed by atoms with E-state index in [2.05, 4.69) is 22.2 Å². The summed E-state index contributed by atoms with van der Waals surface area (Å²) in [6, 6.07) is 0.653. The van der Waals surface area contributed by atoms with Gasteiger partial charge in [0.25, 0.3) is 0 Å². The second-order valence-electron chi connectivity index (χ2n) is 5.09. The van der Waals surface area contributed by atoms with Crippen LogP contribution in [-0.2, 0) is 4.74 Å². The first kappa shape index (κ1) is 12.3. The standard InChI is InChI=1S/C12H25N3O/c1-13-8-11-9-15(6-5-14(11)2)10-12-4-3-7-16-12/h11-13H,3-10H2,1-2H3. The van der Waals surface area contributed by atoms with Gasteiger partial charge in [-0.25, -0.2) is 0 Å². The number of nitrogens with one attached hydrogen (secondary N) is 1. The molecule has 0 bridgehead atoms. The average molecular weight is 227 g/mol. The highest BCUT2D eigenvalue weighted by atomic mass is 16.5. The van der Waals surface area contributed by atoms with Gasteiger partial charge in [0, 0.05) is 45.4 Å². The predicted molar refractivity (Wildman–Crippen MR) is 65.8 cm³/mol. The van der Waals surface area contributed by atoms with Crippen molar-refractivity contribution in [3.8, 4) is 0 Å². The number of ether oxygens (including phenoxy) is 1. The molecule has 2 aliphatic rings. The third-order valence-electron chi connectivity index (χ3n) is 3.79. The topological polar surface area (TPSA) is 27.7 Å². The summed E-state index contributed by atoms with van der Waals surface area (Å²) in [7, 11) is 4.26. The molecule has 0 radical (unpaired) electrons. The van der Waals surface area contributed by atoms with Crippen LogP contribution in [0.5, 0.6) is 0 Å². The van der Waals surface area contributed by atoms with Crippen molar-refractivity contribution in [3.05, 3.63) is 0 Å². The van der Waals surface area contributed by atoms with Crippen molar-refractivity contribution < 1.29 is 4.74 Å². The van der Waals surface area contributed by atoms with Crippen molar-refractivity contribution in [2.45, 2.75) is 25.0 Å². The fourth-order valence-corrected chi connectivity index (χ4v) is 2.71. The minimum Gasteiger partial charge on any atom is -0.377 e. The summed E-state index contributed by atoms with van der Waals surface area (Å²) in [6.07, 6.45) is 3.00. The van der Waals surface area contributed by atoms with Crippen LogP contribution in [0.1, 0.15) is 12.8 Å². The summed E-state index contributed by atoms with van der Waals surface area (Å²) >= 11 is 0. The van der Waals surface area contributed by atoms with Gasteiger partial charge in [0.15, 0.2) is 0 Å². The van der Waals surface area contributed by atoms with Crippen LogP contribution >= 0.6 is 0 Å². The van der Waals surface area contributed by atoms with Crippen LogP contribution < -0.4 is 5.32 Å². The Hall–Kier alpha value is -0.160. The molecule has 2 unspecified atom stereocenters. The van der Waals surface area contributed by atoms with E-state index < -0.39 is 0 Å². The van der Waals surface area contributed by atoms with Gasteiger partial charge in [0.1, 0.15) is 0 Å². The zero-order chi connectivity index (χ0) is 11.4. The lowest BCUT2D eigenvalue weighted by Gasteiger charge is -2.40. The van der Waals surface area contributed by atoms with Gasteiger partial charge in [-0.05, 0) is 26.9 Å². The number of rotatable bonds is 4. The minimum absolute atomic E-state index is 0.499. The van der Waals surface area contributed by atoms with E-state index in [1.807, 2.05) is 7.05 Å². The van der Waals surface area contributed by atoms with Crippen LogP contribution in [-0.4, -0.2) is 75.4 Å². The van der Waals surface area contributed by atoms with Crippen LogP contribution in [0, 0.1) is 0 Å². The lowest BCUT2D eigenvalue weighted by Crippen LogP contribution is -2.55. The molecule has 0 aromatic carbocycles. The summed E-state index contributed by atoms with van der Waals surface area (Å²) in [5, 5.41) is 3.28. The Kier molecular flexibility index (Phi) is 4.58. The monoisotopic (exact) mass is 227 g/mol. The molecule has 2 saturated heterocycles. The van der Waals surface area contributed by atoms with Gasteiger partial charge in [-0.3, -0.25) is 9.80 Å². The van der Waals surface area contributed by atoms with E-state index in [9.17, 15) is 0 Å². The fourth-order valence-electron chi connectivity index (χ4n) is 2.71. The molecular weight excluding hydrogens is 202 g/mol. The van der Waals surface area contributed by atoms with E-state index in [0.29, 0.717) is 12.1 Å². The Balaban J connectivity index is 1.77. The molecule has 1 N–H and O–H groups in total. The molecule has 94 valence electrons. The Bertz CT molecular complexity index is 206. The zero-order valence-electron chi connectivity index (χ0n) is 10.6. The summed E-state index contributed by atoms with van der Waals surface area (Å²) in [5.41, 5.74) is 0. The first-order valence-corrected chi connectivity index (χ1v) is 6.48. The zero-order valence-corrected chi connectivity index (χ0v) is 10.6. The Morgan fingerprint density at radius 2 is 2.25 bits per heavy atom. The molecule has 2 rings (SSSR count). The van der Waals surface area contributed by atoms with E-state index in [1.54, 1.807) is 0 Å². The summed E-state index contributed by atoms with van der Waals surface area (Å²) in [5.74, 6) is 0. The van der Waals surface area contributed by atoms with Crippen LogP contribution in [0.2, 0.25) is 0 Å². The molecule has 0 aromatic rings. The van der Waals surface area contributed by atoms with Crippen molar-refractivity contribution >= 4 is 0 Å². The molecule has 0 saturated carbocycles. The van der Waals surface area contributed by atoms with Gasteiger partial charge in [-0.15, -0.1) is 0 Å². The molecule has 0 spiro atoms. The maximum Gasteiger partial charge on any atom is 0.0702 e. The van der Waals surface area contributed by atoms with Crippen molar-refractivity contribution in [1.82, 2.24) is 15.1 Å². The maximum absolute atomic E-state index is 5.71. The molecule has 2 aliphatic heterocycles. The van der Waals surface area contributed by atoms with Crippen LogP contribution in [0.25, 0.3) is 0 Å². The average Bonchev–Trinajstić information content (AvgIpc) is 2.76. The molecular formula is C12H25N3O. The molecule has 2 fully saturated rings. The molecule has 2 atom stereocenters. The van der Waals surface area contributed by atoms with Crippen molar-refractivity contribution in [3.63, 3.8) is 0 Å². The molecule has 0 amide bonds. The molecule has 0 aromatic heterocycles. The maximum atomic E-state index is 5.71. The normalized spacial score (nSPS) is 33.4. The SMILES string of the molecule is CNCC1CN(CC2CCCO2)CCN1C. The number of piperazine rings is 1. The smallest absolute Gasteiger partial charge is 0.0702 e. The van der Waals surface area contributed by atoms with Gasteiger partial charge in [0.2, 0.25) is 0 Å². The van der Waals surface area contributed by atoms with E-state index in [4.69, 9.17) is 4.74 Å². The highest BCUT2D eigenvalue weighted by Crippen LogP contribution is 2.15. The van der Waals surface area contributed by atoms with E-state index in [0.717, 1.165) is 19.7 Å².